The van der Waals surface area contributed by atoms with Gasteiger partial charge < -0.3 is 10.5 Å². The Bertz CT molecular complexity index is 361. The molecule has 1 aromatic rings. The summed E-state index contributed by atoms with van der Waals surface area (Å²) >= 11 is 0. The van der Waals surface area contributed by atoms with Crippen LogP contribution in [-0.4, -0.2) is 18.6 Å². The third kappa shape index (κ3) is 2.14. The van der Waals surface area contributed by atoms with Crippen LogP contribution in [0.15, 0.2) is 24.3 Å². The first-order chi connectivity index (χ1) is 7.05. The first kappa shape index (κ1) is 11.6. The Morgan fingerprint density at radius 2 is 2.13 bits per heavy atom. The third-order valence-electron chi connectivity index (χ3n) is 2.51. The van der Waals surface area contributed by atoms with Gasteiger partial charge in [0.25, 0.3) is 5.69 Å². The second kappa shape index (κ2) is 4.37. The molecule has 0 fully saturated rings. The highest BCUT2D eigenvalue weighted by Crippen LogP contribution is 2.31. The molecule has 0 bridgehead atoms. The molecule has 0 radical (unpaired) electrons. The second-order valence-electron chi connectivity index (χ2n) is 3.41. The van der Waals surface area contributed by atoms with Crippen LogP contribution in [-0.2, 0) is 10.3 Å². The normalized spacial score (nSPS) is 14.6. The third-order valence-corrected chi connectivity index (χ3v) is 2.51. The number of para-hydroxylation sites is 1. The van der Waals surface area contributed by atoms with Gasteiger partial charge in [-0.25, -0.2) is 0 Å². The van der Waals surface area contributed by atoms with Gasteiger partial charge in [-0.15, -0.1) is 0 Å². The molecule has 0 amide bonds. The predicted octanol–water partition coefficient (Wildman–Crippen LogP) is 1.42. The van der Waals surface area contributed by atoms with Gasteiger partial charge in [-0.1, -0.05) is 12.1 Å². The van der Waals surface area contributed by atoms with Gasteiger partial charge in [0.05, 0.1) is 10.5 Å². The molecule has 5 nitrogen and oxygen atoms in total. The van der Waals surface area contributed by atoms with Crippen LogP contribution >= 0.6 is 0 Å². The number of hydrogen-bond donors (Lipinski definition) is 1. The maximum Gasteiger partial charge on any atom is 0.275 e. The Labute approximate surface area is 88.0 Å². The first-order valence-electron chi connectivity index (χ1n) is 4.54. The maximum atomic E-state index is 10.8. The minimum atomic E-state index is -0.816. The molecule has 0 aliphatic carbocycles. The van der Waals surface area contributed by atoms with Crippen molar-refractivity contribution in [1.82, 2.24) is 0 Å². The van der Waals surface area contributed by atoms with Gasteiger partial charge in [0.15, 0.2) is 0 Å². The van der Waals surface area contributed by atoms with E-state index < -0.39 is 10.5 Å². The van der Waals surface area contributed by atoms with Crippen molar-refractivity contribution in [2.75, 3.05) is 13.7 Å². The molecule has 2 N–H and O–H groups in total. The van der Waals surface area contributed by atoms with Crippen LogP contribution in [0.2, 0.25) is 0 Å². The lowest BCUT2D eigenvalue weighted by Crippen LogP contribution is -2.34. The minimum absolute atomic E-state index is 0.0345. The van der Waals surface area contributed by atoms with E-state index >= 15 is 0 Å². The highest BCUT2D eigenvalue weighted by atomic mass is 16.6. The Hall–Kier alpha value is -1.46. The summed E-state index contributed by atoms with van der Waals surface area (Å²) in [5, 5.41) is 10.8. The van der Waals surface area contributed by atoms with Crippen LogP contribution in [0.1, 0.15) is 12.5 Å². The van der Waals surface area contributed by atoms with E-state index in [9.17, 15) is 10.1 Å². The SMILES string of the molecule is COC(C)(CN)c1ccccc1[N+](=O)[O-]. The van der Waals surface area contributed by atoms with Crippen molar-refractivity contribution >= 4 is 5.69 Å². The van der Waals surface area contributed by atoms with Crippen molar-refractivity contribution in [3.63, 3.8) is 0 Å². The number of nitro benzene ring substituents is 1. The van der Waals surface area contributed by atoms with Gasteiger partial charge in [-0.3, -0.25) is 10.1 Å². The lowest BCUT2D eigenvalue weighted by atomic mass is 9.94. The molecule has 5 heteroatoms. The monoisotopic (exact) mass is 210 g/mol. The summed E-state index contributed by atoms with van der Waals surface area (Å²) in [4.78, 5) is 10.4. The van der Waals surface area contributed by atoms with Crippen molar-refractivity contribution < 1.29 is 9.66 Å². The quantitative estimate of drug-likeness (QED) is 0.602. The van der Waals surface area contributed by atoms with Crippen molar-refractivity contribution in [2.45, 2.75) is 12.5 Å². The summed E-state index contributed by atoms with van der Waals surface area (Å²) in [5.41, 5.74) is 5.29. The van der Waals surface area contributed by atoms with E-state index in [-0.39, 0.29) is 12.2 Å². The summed E-state index contributed by atoms with van der Waals surface area (Å²) in [5.74, 6) is 0. The summed E-state index contributed by atoms with van der Waals surface area (Å²) < 4.78 is 5.23. The van der Waals surface area contributed by atoms with E-state index in [0.717, 1.165) is 0 Å². The molecule has 0 heterocycles. The fraction of sp³-hybridized carbons (Fsp3) is 0.400. The molecule has 0 spiro atoms. The van der Waals surface area contributed by atoms with Gasteiger partial charge in [0.1, 0.15) is 5.60 Å². The number of methoxy groups -OCH3 is 1. The summed E-state index contributed by atoms with van der Waals surface area (Å²) in [7, 11) is 1.49. The Balaban J connectivity index is 3.29. The second-order valence-corrected chi connectivity index (χ2v) is 3.41. The lowest BCUT2D eigenvalue weighted by molar-refractivity contribution is -0.386. The molecular formula is C10H14N2O3. The maximum absolute atomic E-state index is 10.8. The molecular weight excluding hydrogens is 196 g/mol. The zero-order valence-corrected chi connectivity index (χ0v) is 8.77. The highest BCUT2D eigenvalue weighted by Gasteiger charge is 2.31. The zero-order valence-electron chi connectivity index (χ0n) is 8.77. The number of nitrogens with zero attached hydrogens (tertiary/aromatic N) is 1. The minimum Gasteiger partial charge on any atom is -0.372 e. The van der Waals surface area contributed by atoms with E-state index in [1.165, 1.54) is 13.2 Å². The summed E-state index contributed by atoms with van der Waals surface area (Å²) in [6.45, 7) is 1.92. The fourth-order valence-corrected chi connectivity index (χ4v) is 1.38. The van der Waals surface area contributed by atoms with Gasteiger partial charge in [0.2, 0.25) is 0 Å². The first-order valence-corrected chi connectivity index (χ1v) is 4.54. The smallest absolute Gasteiger partial charge is 0.275 e. The van der Waals surface area contributed by atoms with Gasteiger partial charge in [-0.05, 0) is 13.0 Å². The van der Waals surface area contributed by atoms with Crippen LogP contribution in [0.25, 0.3) is 0 Å². The molecule has 0 aromatic heterocycles. The average molecular weight is 210 g/mol. The van der Waals surface area contributed by atoms with Crippen LogP contribution in [0, 0.1) is 10.1 Å². The van der Waals surface area contributed by atoms with Crippen molar-refractivity contribution in [3.05, 3.63) is 39.9 Å². The molecule has 1 rings (SSSR count). The molecule has 15 heavy (non-hydrogen) atoms. The van der Waals surface area contributed by atoms with E-state index in [1.54, 1.807) is 25.1 Å². The van der Waals surface area contributed by atoms with Crippen molar-refractivity contribution in [3.8, 4) is 0 Å². The Morgan fingerprint density at radius 1 is 1.53 bits per heavy atom. The average Bonchev–Trinajstić information content (AvgIpc) is 2.28. The molecule has 1 aromatic carbocycles. The number of benzene rings is 1. The number of ether oxygens (including phenoxy) is 1. The van der Waals surface area contributed by atoms with Gasteiger partial charge >= 0.3 is 0 Å². The lowest BCUT2D eigenvalue weighted by Gasteiger charge is -2.26. The van der Waals surface area contributed by atoms with E-state index in [0.29, 0.717) is 5.56 Å². The zero-order chi connectivity index (χ0) is 11.5. The molecule has 1 atom stereocenters. The van der Waals surface area contributed by atoms with Crippen LogP contribution < -0.4 is 5.73 Å². The van der Waals surface area contributed by atoms with Crippen LogP contribution in [0.3, 0.4) is 0 Å². The number of hydrogen-bond acceptors (Lipinski definition) is 4. The van der Waals surface area contributed by atoms with Crippen molar-refractivity contribution in [1.29, 1.82) is 0 Å². The number of nitro groups is 1. The molecule has 1 unspecified atom stereocenters. The van der Waals surface area contributed by atoms with Crippen LogP contribution in [0.5, 0.6) is 0 Å². The standard InChI is InChI=1S/C10H14N2O3/c1-10(7-11,15-2)8-5-3-4-6-9(8)12(13)14/h3-6H,7,11H2,1-2H3. The number of nitrogens with two attached hydrogens (primary N) is 1. The molecule has 0 aliphatic rings. The Morgan fingerprint density at radius 3 is 2.60 bits per heavy atom. The molecule has 82 valence electrons. The molecule has 0 saturated heterocycles. The topological polar surface area (TPSA) is 78.4 Å². The summed E-state index contributed by atoms with van der Waals surface area (Å²) in [6.07, 6.45) is 0. The van der Waals surface area contributed by atoms with Crippen LogP contribution in [0.4, 0.5) is 5.69 Å². The fourth-order valence-electron chi connectivity index (χ4n) is 1.38. The van der Waals surface area contributed by atoms with E-state index in [2.05, 4.69) is 0 Å². The Kier molecular flexibility index (Phi) is 3.39. The highest BCUT2D eigenvalue weighted by molar-refractivity contribution is 5.43. The predicted molar refractivity (Wildman–Crippen MR) is 56.5 cm³/mol. The largest absolute Gasteiger partial charge is 0.372 e. The van der Waals surface area contributed by atoms with Gasteiger partial charge in [0, 0.05) is 19.7 Å². The van der Waals surface area contributed by atoms with E-state index in [1.807, 2.05) is 0 Å². The van der Waals surface area contributed by atoms with Gasteiger partial charge in [-0.2, -0.15) is 0 Å². The number of rotatable bonds is 4. The molecule has 0 saturated carbocycles. The summed E-state index contributed by atoms with van der Waals surface area (Å²) in [6, 6.07) is 6.46. The van der Waals surface area contributed by atoms with Crippen molar-refractivity contribution in [2.24, 2.45) is 5.73 Å². The molecule has 0 aliphatic heterocycles. The van der Waals surface area contributed by atoms with E-state index in [4.69, 9.17) is 10.5 Å².